The molecular weight excluding hydrogens is 396 g/mol. The van der Waals surface area contributed by atoms with Crippen molar-refractivity contribution < 1.29 is 14.3 Å². The van der Waals surface area contributed by atoms with Crippen molar-refractivity contribution in [2.24, 2.45) is 5.92 Å². The third-order valence-electron chi connectivity index (χ3n) is 5.61. The van der Waals surface area contributed by atoms with Crippen LogP contribution in [0.25, 0.3) is 10.2 Å². The van der Waals surface area contributed by atoms with E-state index < -0.39 is 0 Å². The molecular formula is C24H28N2O3S. The van der Waals surface area contributed by atoms with Crippen molar-refractivity contribution in [1.29, 1.82) is 0 Å². The molecule has 1 aromatic heterocycles. The van der Waals surface area contributed by atoms with Crippen LogP contribution < -0.4 is 0 Å². The normalized spacial score (nSPS) is 14.1. The number of likely N-dealkylation sites (N-methyl/N-ethyl adjacent to an activating group) is 1. The summed E-state index contributed by atoms with van der Waals surface area (Å²) in [6.45, 7) is 5.74. The molecule has 0 unspecified atom stereocenters. The van der Waals surface area contributed by atoms with E-state index in [1.807, 2.05) is 75.4 Å². The predicted octanol–water partition coefficient (Wildman–Crippen LogP) is 5.19. The monoisotopic (exact) mass is 424 g/mol. The van der Waals surface area contributed by atoms with Crippen molar-refractivity contribution in [1.82, 2.24) is 9.88 Å². The van der Waals surface area contributed by atoms with Gasteiger partial charge in [-0.1, -0.05) is 62.7 Å². The van der Waals surface area contributed by atoms with Crippen LogP contribution in [0.4, 0.5) is 0 Å². The summed E-state index contributed by atoms with van der Waals surface area (Å²) in [5.74, 6) is -0.860. The largest absolute Gasteiger partial charge is 0.455 e. The molecule has 3 aromatic rings. The number of hydrogen-bond donors (Lipinski definition) is 0. The van der Waals surface area contributed by atoms with Crippen LogP contribution in [-0.2, 0) is 14.3 Å². The Balaban J connectivity index is 1.64. The van der Waals surface area contributed by atoms with Crippen LogP contribution in [0.5, 0.6) is 0 Å². The van der Waals surface area contributed by atoms with Crippen LogP contribution in [0.3, 0.4) is 0 Å². The first-order valence-electron chi connectivity index (χ1n) is 10.2. The average Bonchev–Trinajstić information content (AvgIpc) is 3.21. The number of amides is 1. The lowest BCUT2D eigenvalue weighted by molar-refractivity contribution is -0.154. The number of ether oxygens (including phenoxy) is 1. The number of aromatic nitrogens is 1. The maximum Gasteiger partial charge on any atom is 0.314 e. The fourth-order valence-electron chi connectivity index (χ4n) is 3.37. The fourth-order valence-corrected chi connectivity index (χ4v) is 4.43. The van der Waals surface area contributed by atoms with Gasteiger partial charge in [0.2, 0.25) is 0 Å². The second-order valence-electron chi connectivity index (χ2n) is 7.58. The predicted molar refractivity (Wildman–Crippen MR) is 120 cm³/mol. The third kappa shape index (κ3) is 4.87. The molecule has 0 N–H and O–H groups in total. The van der Waals surface area contributed by atoms with Crippen LogP contribution in [0, 0.1) is 5.92 Å². The maximum atomic E-state index is 12.8. The van der Waals surface area contributed by atoms with Gasteiger partial charge in [-0.15, -0.1) is 11.3 Å². The average molecular weight is 425 g/mol. The molecule has 0 aliphatic heterocycles. The Morgan fingerprint density at radius 1 is 1.07 bits per heavy atom. The molecule has 30 heavy (non-hydrogen) atoms. The molecule has 0 aliphatic carbocycles. The summed E-state index contributed by atoms with van der Waals surface area (Å²) >= 11 is 1.57. The Kier molecular flexibility index (Phi) is 7.21. The van der Waals surface area contributed by atoms with Crippen LogP contribution in [0.15, 0.2) is 54.6 Å². The number of hydrogen-bond acceptors (Lipinski definition) is 5. The van der Waals surface area contributed by atoms with Crippen molar-refractivity contribution in [3.05, 3.63) is 65.2 Å². The lowest BCUT2D eigenvalue weighted by atomic mass is 9.86. The fraction of sp³-hybridized carbons (Fsp3) is 0.375. The highest BCUT2D eigenvalue weighted by Crippen LogP contribution is 2.30. The molecule has 6 heteroatoms. The minimum atomic E-state index is -0.379. The Hall–Kier alpha value is -2.73. The van der Waals surface area contributed by atoms with Gasteiger partial charge < -0.3 is 9.64 Å². The number of nitrogens with zero attached hydrogens (tertiary/aromatic N) is 2. The van der Waals surface area contributed by atoms with Gasteiger partial charge >= 0.3 is 5.97 Å². The van der Waals surface area contributed by atoms with Gasteiger partial charge in [-0.2, -0.15) is 0 Å². The van der Waals surface area contributed by atoms with E-state index in [4.69, 9.17) is 4.74 Å². The summed E-state index contributed by atoms with van der Waals surface area (Å²) in [5.41, 5.74) is 1.84. The Labute approximate surface area is 181 Å². The minimum absolute atomic E-state index is 0.120. The van der Waals surface area contributed by atoms with Crippen molar-refractivity contribution in [3.8, 4) is 0 Å². The van der Waals surface area contributed by atoms with E-state index >= 15 is 0 Å². The molecule has 0 bridgehead atoms. The van der Waals surface area contributed by atoms with Gasteiger partial charge in [-0.05, 0) is 30.5 Å². The zero-order valence-corrected chi connectivity index (χ0v) is 18.7. The molecule has 5 nitrogen and oxygen atoms in total. The number of para-hydroxylation sites is 1. The van der Waals surface area contributed by atoms with Crippen LogP contribution in [-0.4, -0.2) is 35.4 Å². The Morgan fingerprint density at radius 3 is 2.40 bits per heavy atom. The van der Waals surface area contributed by atoms with Crippen LogP contribution in [0.1, 0.15) is 49.7 Å². The Morgan fingerprint density at radius 2 is 1.73 bits per heavy atom. The van der Waals surface area contributed by atoms with Gasteiger partial charge in [0.05, 0.1) is 22.2 Å². The zero-order valence-electron chi connectivity index (χ0n) is 17.9. The van der Waals surface area contributed by atoms with Gasteiger partial charge in [0.1, 0.15) is 5.01 Å². The van der Waals surface area contributed by atoms with E-state index in [0.29, 0.717) is 0 Å². The molecule has 0 aliphatic rings. The molecule has 1 amide bonds. The number of benzene rings is 2. The summed E-state index contributed by atoms with van der Waals surface area (Å²) in [5, 5.41) is 0.861. The molecule has 2 aromatic carbocycles. The number of carbonyl (C=O) groups excluding carboxylic acids is 2. The van der Waals surface area contributed by atoms with Gasteiger partial charge in [-0.25, -0.2) is 4.98 Å². The zero-order chi connectivity index (χ0) is 21.7. The molecule has 3 atom stereocenters. The molecule has 0 saturated carbocycles. The molecule has 0 spiro atoms. The van der Waals surface area contributed by atoms with E-state index in [9.17, 15) is 9.59 Å². The summed E-state index contributed by atoms with van der Waals surface area (Å²) in [4.78, 5) is 31.7. The highest BCUT2D eigenvalue weighted by Gasteiger charge is 2.29. The quantitative estimate of drug-likeness (QED) is 0.467. The lowest BCUT2D eigenvalue weighted by Gasteiger charge is -2.25. The number of thiazole rings is 1. The van der Waals surface area contributed by atoms with Crippen molar-refractivity contribution in [2.45, 2.75) is 39.2 Å². The summed E-state index contributed by atoms with van der Waals surface area (Å²) in [6, 6.07) is 17.3. The van der Waals surface area contributed by atoms with Crippen molar-refractivity contribution in [2.75, 3.05) is 13.7 Å². The van der Waals surface area contributed by atoms with E-state index in [-0.39, 0.29) is 36.4 Å². The standard InChI is InChI=1S/C24H28N2O3S/c1-5-16(2)22(18-11-7-6-8-12-18)24(28)29-15-21(27)26(4)17(3)23-25-19-13-9-10-14-20(19)30-23/h6-14,16-17,22H,5,15H2,1-4H3/t16-,17-,22+/m0/s1. The highest BCUT2D eigenvalue weighted by molar-refractivity contribution is 7.18. The molecule has 3 rings (SSSR count). The van der Waals surface area contributed by atoms with Gasteiger partial charge in [0.15, 0.2) is 6.61 Å². The van der Waals surface area contributed by atoms with Crippen LogP contribution >= 0.6 is 11.3 Å². The van der Waals surface area contributed by atoms with E-state index in [0.717, 1.165) is 27.2 Å². The second-order valence-corrected chi connectivity index (χ2v) is 8.64. The lowest BCUT2D eigenvalue weighted by Crippen LogP contribution is -2.34. The summed E-state index contributed by atoms with van der Waals surface area (Å²) in [6.07, 6.45) is 0.844. The molecule has 158 valence electrons. The van der Waals surface area contributed by atoms with E-state index in [1.54, 1.807) is 23.3 Å². The van der Waals surface area contributed by atoms with Crippen LogP contribution in [0.2, 0.25) is 0 Å². The van der Waals surface area contributed by atoms with Crippen molar-refractivity contribution in [3.63, 3.8) is 0 Å². The first-order chi connectivity index (χ1) is 14.4. The molecule has 0 saturated heterocycles. The molecule has 0 radical (unpaired) electrons. The Bertz CT molecular complexity index is 969. The van der Waals surface area contributed by atoms with E-state index in [1.165, 1.54) is 0 Å². The number of rotatable bonds is 8. The first-order valence-corrected chi connectivity index (χ1v) is 11.1. The number of esters is 1. The van der Waals surface area contributed by atoms with Gasteiger partial charge in [0, 0.05) is 7.05 Å². The second kappa shape index (κ2) is 9.85. The number of carbonyl (C=O) groups is 2. The third-order valence-corrected chi connectivity index (χ3v) is 6.81. The highest BCUT2D eigenvalue weighted by atomic mass is 32.1. The topological polar surface area (TPSA) is 59.5 Å². The molecule has 0 fully saturated rings. The van der Waals surface area contributed by atoms with E-state index in [2.05, 4.69) is 4.98 Å². The SMILES string of the molecule is CC[C@H](C)[C@@H](C(=O)OCC(=O)N(C)[C@@H](C)c1nc2ccccc2s1)c1ccccc1. The minimum Gasteiger partial charge on any atom is -0.455 e. The summed E-state index contributed by atoms with van der Waals surface area (Å²) < 4.78 is 6.55. The van der Waals surface area contributed by atoms with Crippen molar-refractivity contribution >= 4 is 33.4 Å². The molecule has 1 heterocycles. The maximum absolute atomic E-state index is 12.8. The van der Waals surface area contributed by atoms with Gasteiger partial charge in [0.25, 0.3) is 5.91 Å². The number of fused-ring (bicyclic) bond motifs is 1. The first kappa shape index (κ1) is 22.0. The smallest absolute Gasteiger partial charge is 0.314 e. The summed E-state index contributed by atoms with van der Waals surface area (Å²) in [7, 11) is 1.72. The van der Waals surface area contributed by atoms with Gasteiger partial charge in [-0.3, -0.25) is 9.59 Å².